The molecule has 8 rings (SSSR count). The second-order valence-corrected chi connectivity index (χ2v) is 13.3. The number of piperazine rings is 2. The normalized spacial score (nSPS) is 13.4. The molecule has 2 fully saturated rings. The van der Waals surface area contributed by atoms with Crippen LogP contribution in [-0.4, -0.2) is 114 Å². The van der Waals surface area contributed by atoms with Crippen molar-refractivity contribution >= 4 is 57.7 Å². The minimum atomic E-state index is -0.907. The lowest BCUT2D eigenvalue weighted by Gasteiger charge is -2.35. The summed E-state index contributed by atoms with van der Waals surface area (Å²) in [6.07, 6.45) is 7.07. The van der Waals surface area contributed by atoms with Crippen LogP contribution in [0.3, 0.4) is 0 Å². The van der Waals surface area contributed by atoms with E-state index in [-0.39, 0.29) is 54.4 Å². The van der Waals surface area contributed by atoms with Gasteiger partial charge in [-0.05, 0) is 24.3 Å². The number of carbonyl (C=O) groups is 2. The highest BCUT2D eigenvalue weighted by Gasteiger charge is 2.22. The van der Waals surface area contributed by atoms with Crippen LogP contribution in [-0.2, 0) is 22.4 Å². The van der Waals surface area contributed by atoms with Gasteiger partial charge in [0.05, 0.1) is 53.0 Å². The number of nitrogens with zero attached hydrogens (tertiary/aromatic N) is 11. The number of benzene rings is 2. The molecule has 4 N–H and O–H groups in total. The van der Waals surface area contributed by atoms with E-state index in [9.17, 15) is 19.2 Å². The van der Waals surface area contributed by atoms with E-state index >= 15 is 0 Å². The third-order valence-corrected chi connectivity index (χ3v) is 9.38. The van der Waals surface area contributed by atoms with Crippen molar-refractivity contribution in [1.29, 1.82) is 10.5 Å². The fourth-order valence-electron chi connectivity index (χ4n) is 6.28. The van der Waals surface area contributed by atoms with E-state index < -0.39 is 5.97 Å². The number of carbonyl (C=O) groups excluding carboxylic acids is 1. The molecule has 2 aliphatic heterocycles. The number of aliphatic carboxylic acids is 1. The van der Waals surface area contributed by atoms with Crippen LogP contribution in [0.25, 0.3) is 21.8 Å². The first-order chi connectivity index (χ1) is 28.7. The number of carboxylic acid groups (broad SMARTS) is 1. The number of hydrogen-bond acceptors (Lipinski definition) is 15. The van der Waals surface area contributed by atoms with Crippen molar-refractivity contribution in [3.8, 4) is 12.1 Å². The van der Waals surface area contributed by atoms with Crippen LogP contribution in [0.5, 0.6) is 0 Å². The molecule has 0 atom stereocenters. The van der Waals surface area contributed by atoms with E-state index in [4.69, 9.17) is 15.6 Å². The molecule has 60 heavy (non-hydrogen) atoms. The van der Waals surface area contributed by atoms with Gasteiger partial charge < -0.3 is 35.1 Å². The number of amides is 1. The summed E-state index contributed by atoms with van der Waals surface area (Å²) in [5, 5.41) is 30.2. The lowest BCUT2D eigenvalue weighted by Crippen LogP contribution is -2.49. The summed E-state index contributed by atoms with van der Waals surface area (Å²) in [5.41, 5.74) is 1.45. The summed E-state index contributed by atoms with van der Waals surface area (Å²) in [4.78, 5) is 83.1. The molecule has 2 saturated heterocycles. The van der Waals surface area contributed by atoms with Crippen molar-refractivity contribution in [3.63, 3.8) is 0 Å². The molecule has 0 spiro atoms. The molecule has 1 amide bonds. The van der Waals surface area contributed by atoms with Gasteiger partial charge in [0.1, 0.15) is 35.4 Å². The first kappa shape index (κ1) is 43.8. The maximum absolute atomic E-state index is 12.6. The number of aromatic nitrogens is 8. The van der Waals surface area contributed by atoms with Crippen LogP contribution in [0.4, 0.5) is 11.6 Å². The van der Waals surface area contributed by atoms with Gasteiger partial charge in [-0.2, -0.15) is 10.5 Å². The Kier molecular flexibility index (Phi) is 15.6. The molecular formula is C40H41ClN14O5. The summed E-state index contributed by atoms with van der Waals surface area (Å²) < 4.78 is 0. The summed E-state index contributed by atoms with van der Waals surface area (Å²) >= 11 is 0. The molecule has 6 aromatic rings. The minimum absolute atomic E-state index is 0. The number of halogens is 1. The average Bonchev–Trinajstić information content (AvgIpc) is 3.28. The van der Waals surface area contributed by atoms with Gasteiger partial charge >= 0.3 is 5.97 Å². The SMILES string of the molecule is Cl.N#Cc1cnc(N2CCN(C(=O)CCc3nc4ccccc4c(=O)[nH]3)CC2)cn1.N#Cc1cnc(N2CCNCC2)cn1.O=C(O)CCc1nc2ccccc2c(=O)[nH]1. The zero-order chi connectivity index (χ0) is 41.6. The molecule has 0 saturated carbocycles. The number of nitriles is 2. The molecular weight excluding hydrogens is 792 g/mol. The smallest absolute Gasteiger partial charge is 0.303 e. The van der Waals surface area contributed by atoms with E-state index in [2.05, 4.69) is 50.1 Å². The molecule has 6 heterocycles. The maximum Gasteiger partial charge on any atom is 0.303 e. The highest BCUT2D eigenvalue weighted by Crippen LogP contribution is 2.14. The zero-order valence-electron chi connectivity index (χ0n) is 32.3. The number of nitrogens with one attached hydrogen (secondary N) is 3. The highest BCUT2D eigenvalue weighted by atomic mass is 35.5. The Morgan fingerprint density at radius 1 is 0.650 bits per heavy atom. The number of anilines is 2. The van der Waals surface area contributed by atoms with Gasteiger partial charge in [0, 0.05) is 71.6 Å². The molecule has 308 valence electrons. The molecule has 0 radical (unpaired) electrons. The summed E-state index contributed by atoms with van der Waals surface area (Å²) in [5.74, 6) is 1.61. The number of carboxylic acids is 1. The second-order valence-electron chi connectivity index (χ2n) is 13.3. The first-order valence-electron chi connectivity index (χ1n) is 18.8. The molecule has 19 nitrogen and oxygen atoms in total. The molecule has 4 aromatic heterocycles. The van der Waals surface area contributed by atoms with E-state index in [1.165, 1.54) is 12.4 Å². The van der Waals surface area contributed by atoms with Crippen molar-refractivity contribution in [2.45, 2.75) is 25.7 Å². The van der Waals surface area contributed by atoms with Crippen molar-refractivity contribution < 1.29 is 14.7 Å². The van der Waals surface area contributed by atoms with Crippen LogP contribution < -0.4 is 26.2 Å². The van der Waals surface area contributed by atoms with Gasteiger partial charge in [0.25, 0.3) is 11.1 Å². The minimum Gasteiger partial charge on any atom is -0.481 e. The average molecular weight is 833 g/mol. The Labute approximate surface area is 349 Å². The Morgan fingerprint density at radius 3 is 1.57 bits per heavy atom. The van der Waals surface area contributed by atoms with Crippen LogP contribution in [0.1, 0.15) is 35.9 Å². The Morgan fingerprint density at radius 2 is 1.12 bits per heavy atom. The largest absolute Gasteiger partial charge is 0.481 e. The van der Waals surface area contributed by atoms with Crippen LogP contribution in [0.2, 0.25) is 0 Å². The molecule has 2 aromatic carbocycles. The van der Waals surface area contributed by atoms with Crippen LogP contribution >= 0.6 is 12.4 Å². The molecule has 0 unspecified atom stereocenters. The fourth-order valence-corrected chi connectivity index (χ4v) is 6.28. The Balaban J connectivity index is 0.000000186. The number of rotatable bonds is 8. The standard InChI is InChI=1S/C20H19N7O2.C11H10N2O3.C9H11N5.ClH/c21-11-14-12-23-18(13-22-14)26-7-9-27(10-8-26)19(28)6-5-17-24-16-4-2-1-3-15(16)20(29)25-17;14-10(15)6-5-9-12-8-4-2-1-3-7(8)11(16)13-9;10-5-8-6-13-9(7-12-8)14-3-1-11-2-4-14;/h1-4,12-13H,5-10H2,(H,24,25,29);1-4H,5-6H2,(H,14,15)(H,12,13,16);6-7,11H,1-4H2;1H. The molecule has 0 aliphatic carbocycles. The summed E-state index contributed by atoms with van der Waals surface area (Å²) in [6.45, 7) is 6.31. The maximum atomic E-state index is 12.6. The first-order valence-corrected chi connectivity index (χ1v) is 18.8. The van der Waals surface area contributed by atoms with Gasteiger partial charge in [-0.25, -0.2) is 29.9 Å². The van der Waals surface area contributed by atoms with E-state index in [1.54, 1.807) is 54.9 Å². The molecule has 20 heteroatoms. The Hall–Kier alpha value is -7.35. The third kappa shape index (κ3) is 11.8. The van der Waals surface area contributed by atoms with Gasteiger partial charge in [-0.15, -0.1) is 12.4 Å². The predicted molar refractivity (Wildman–Crippen MR) is 224 cm³/mol. The number of H-pyrrole nitrogens is 2. The van der Waals surface area contributed by atoms with E-state index in [0.29, 0.717) is 77.6 Å². The van der Waals surface area contributed by atoms with Crippen LogP contribution in [0, 0.1) is 22.7 Å². The molecule has 0 bridgehead atoms. The number of para-hydroxylation sites is 2. The van der Waals surface area contributed by atoms with Crippen molar-refractivity contribution in [1.82, 2.24) is 50.1 Å². The van der Waals surface area contributed by atoms with Crippen LogP contribution in [0.15, 0.2) is 82.9 Å². The van der Waals surface area contributed by atoms with Crippen molar-refractivity contribution in [3.05, 3.63) is 117 Å². The predicted octanol–water partition coefficient (Wildman–Crippen LogP) is 1.99. The van der Waals surface area contributed by atoms with Gasteiger partial charge in [0.15, 0.2) is 11.4 Å². The van der Waals surface area contributed by atoms with Gasteiger partial charge in [-0.3, -0.25) is 19.2 Å². The fraction of sp³-hybridized carbons (Fsp3) is 0.300. The number of hydrogen-bond donors (Lipinski definition) is 4. The lowest BCUT2D eigenvalue weighted by molar-refractivity contribution is -0.137. The topological polar surface area (TPSA) is 267 Å². The van der Waals surface area contributed by atoms with Gasteiger partial charge in [-0.1, -0.05) is 24.3 Å². The van der Waals surface area contributed by atoms with E-state index in [0.717, 1.165) is 32.0 Å². The summed E-state index contributed by atoms with van der Waals surface area (Å²) in [6, 6.07) is 18.0. The zero-order valence-corrected chi connectivity index (χ0v) is 33.1. The van der Waals surface area contributed by atoms with Gasteiger partial charge in [0.2, 0.25) is 5.91 Å². The quantitative estimate of drug-likeness (QED) is 0.171. The number of fused-ring (bicyclic) bond motifs is 2. The molecule has 2 aliphatic rings. The van der Waals surface area contributed by atoms with E-state index in [1.807, 2.05) is 28.0 Å². The summed E-state index contributed by atoms with van der Waals surface area (Å²) in [7, 11) is 0. The Bertz CT molecular complexity index is 2590. The lowest BCUT2D eigenvalue weighted by atomic mass is 10.2. The highest BCUT2D eigenvalue weighted by molar-refractivity contribution is 5.85. The monoisotopic (exact) mass is 832 g/mol. The van der Waals surface area contributed by atoms with Crippen molar-refractivity contribution in [2.75, 3.05) is 62.2 Å². The third-order valence-electron chi connectivity index (χ3n) is 9.38. The number of aryl methyl sites for hydroxylation is 2. The number of aromatic amines is 2. The second kappa shape index (κ2) is 21.4. The van der Waals surface area contributed by atoms with Crippen molar-refractivity contribution in [2.24, 2.45) is 0 Å².